The second kappa shape index (κ2) is 5.75. The molecule has 1 amide bonds. The topological polar surface area (TPSA) is 45.7 Å². The molecule has 0 unspecified atom stereocenters. The maximum absolute atomic E-state index is 12.0. The minimum atomic E-state index is -0.0773. The third-order valence-electron chi connectivity index (χ3n) is 3.10. The Hall–Kier alpha value is -1.33. The average Bonchev–Trinajstić information content (AvgIpc) is 2.37. The van der Waals surface area contributed by atoms with Gasteiger partial charge in [0.05, 0.1) is 19.3 Å². The maximum Gasteiger partial charge on any atom is 0.253 e. The van der Waals surface area contributed by atoms with E-state index < -0.39 is 0 Å². The van der Waals surface area contributed by atoms with Crippen molar-refractivity contribution in [2.75, 3.05) is 38.8 Å². The Bertz CT molecular complexity index is 479. The third-order valence-corrected chi connectivity index (χ3v) is 3.29. The second-order valence-corrected chi connectivity index (χ2v) is 5.24. The molecule has 104 valence electrons. The van der Waals surface area contributed by atoms with Crippen LogP contribution in [0.1, 0.15) is 17.3 Å². The van der Waals surface area contributed by atoms with Crippen LogP contribution in [0, 0.1) is 0 Å². The SMILES string of the molecule is C[C@@H]1COCCN1c1cc(C(=O)N(C)C)cc(Cl)n1. The number of ether oxygens (including phenoxy) is 1. The van der Waals surface area contributed by atoms with E-state index in [9.17, 15) is 4.79 Å². The summed E-state index contributed by atoms with van der Waals surface area (Å²) in [6.45, 7) is 4.14. The molecule has 2 rings (SSSR count). The molecular weight excluding hydrogens is 266 g/mol. The molecule has 0 spiro atoms. The van der Waals surface area contributed by atoms with Crippen LogP contribution in [0.4, 0.5) is 5.82 Å². The number of hydrogen-bond acceptors (Lipinski definition) is 4. The Morgan fingerprint density at radius 2 is 2.26 bits per heavy atom. The number of anilines is 1. The summed E-state index contributed by atoms with van der Waals surface area (Å²) >= 11 is 6.03. The van der Waals surface area contributed by atoms with Crippen LogP contribution in [0.2, 0.25) is 5.15 Å². The molecule has 1 aliphatic heterocycles. The lowest BCUT2D eigenvalue weighted by Gasteiger charge is -2.34. The van der Waals surface area contributed by atoms with Crippen LogP contribution in [0.3, 0.4) is 0 Å². The molecule has 0 radical (unpaired) electrons. The van der Waals surface area contributed by atoms with Crippen molar-refractivity contribution in [3.63, 3.8) is 0 Å². The lowest BCUT2D eigenvalue weighted by Crippen LogP contribution is -2.44. The number of rotatable bonds is 2. The van der Waals surface area contributed by atoms with Crippen LogP contribution in [0.25, 0.3) is 0 Å². The molecule has 19 heavy (non-hydrogen) atoms. The number of hydrogen-bond donors (Lipinski definition) is 0. The molecule has 0 aliphatic carbocycles. The predicted octanol–water partition coefficient (Wildman–Crippen LogP) is 1.66. The standard InChI is InChI=1S/C13H18ClN3O2/c1-9-8-19-5-4-17(9)12-7-10(6-11(14)15-12)13(18)16(2)3/h6-7,9H,4-5,8H2,1-3H3/t9-/m1/s1. The fourth-order valence-electron chi connectivity index (χ4n) is 2.08. The van der Waals surface area contributed by atoms with Gasteiger partial charge in [-0.3, -0.25) is 4.79 Å². The molecule has 0 aromatic carbocycles. The van der Waals surface area contributed by atoms with E-state index in [-0.39, 0.29) is 11.9 Å². The van der Waals surface area contributed by atoms with E-state index in [0.29, 0.717) is 23.9 Å². The van der Waals surface area contributed by atoms with Gasteiger partial charge >= 0.3 is 0 Å². The van der Waals surface area contributed by atoms with Crippen LogP contribution in [0.5, 0.6) is 0 Å². The predicted molar refractivity (Wildman–Crippen MR) is 74.9 cm³/mol. The van der Waals surface area contributed by atoms with E-state index in [1.54, 1.807) is 26.2 Å². The van der Waals surface area contributed by atoms with E-state index >= 15 is 0 Å². The quantitative estimate of drug-likeness (QED) is 0.775. The first-order chi connectivity index (χ1) is 8.99. The van der Waals surface area contributed by atoms with Gasteiger partial charge in [0, 0.05) is 26.2 Å². The highest BCUT2D eigenvalue weighted by Gasteiger charge is 2.22. The van der Waals surface area contributed by atoms with Gasteiger partial charge in [0.15, 0.2) is 0 Å². The molecule has 1 aliphatic rings. The van der Waals surface area contributed by atoms with Crippen LogP contribution in [-0.2, 0) is 4.74 Å². The Balaban J connectivity index is 2.33. The number of carbonyl (C=O) groups excluding carboxylic acids is 1. The number of pyridine rings is 1. The van der Waals surface area contributed by atoms with E-state index in [0.717, 1.165) is 12.4 Å². The van der Waals surface area contributed by atoms with Gasteiger partial charge in [0.25, 0.3) is 5.91 Å². The van der Waals surface area contributed by atoms with Crippen molar-refractivity contribution in [3.8, 4) is 0 Å². The van der Waals surface area contributed by atoms with E-state index in [1.807, 2.05) is 0 Å². The van der Waals surface area contributed by atoms with Gasteiger partial charge in [0.1, 0.15) is 11.0 Å². The monoisotopic (exact) mass is 283 g/mol. The van der Waals surface area contributed by atoms with Crippen LogP contribution < -0.4 is 4.90 Å². The smallest absolute Gasteiger partial charge is 0.253 e. The van der Waals surface area contributed by atoms with Gasteiger partial charge in [-0.05, 0) is 19.1 Å². The summed E-state index contributed by atoms with van der Waals surface area (Å²) in [5.41, 5.74) is 0.554. The molecule has 0 bridgehead atoms. The van der Waals surface area contributed by atoms with Crippen molar-refractivity contribution < 1.29 is 9.53 Å². The zero-order valence-electron chi connectivity index (χ0n) is 11.4. The summed E-state index contributed by atoms with van der Waals surface area (Å²) in [4.78, 5) is 20.0. The van der Waals surface area contributed by atoms with Crippen molar-refractivity contribution in [2.24, 2.45) is 0 Å². The third kappa shape index (κ3) is 3.16. The molecule has 2 heterocycles. The first-order valence-electron chi connectivity index (χ1n) is 6.22. The molecule has 0 N–H and O–H groups in total. The second-order valence-electron chi connectivity index (χ2n) is 4.85. The molecule has 1 aromatic heterocycles. The van der Waals surface area contributed by atoms with Crippen molar-refractivity contribution in [2.45, 2.75) is 13.0 Å². The lowest BCUT2D eigenvalue weighted by atomic mass is 10.2. The summed E-state index contributed by atoms with van der Waals surface area (Å²) in [5, 5.41) is 0.335. The summed E-state index contributed by atoms with van der Waals surface area (Å²) in [7, 11) is 3.43. The zero-order valence-corrected chi connectivity index (χ0v) is 12.1. The van der Waals surface area contributed by atoms with Gasteiger partial charge in [-0.2, -0.15) is 0 Å². The van der Waals surface area contributed by atoms with Gasteiger partial charge in [0.2, 0.25) is 0 Å². The highest BCUT2D eigenvalue weighted by molar-refractivity contribution is 6.29. The maximum atomic E-state index is 12.0. The fraction of sp³-hybridized carbons (Fsp3) is 0.538. The number of carbonyl (C=O) groups is 1. The molecule has 1 fully saturated rings. The summed E-state index contributed by atoms with van der Waals surface area (Å²) in [6.07, 6.45) is 0. The summed E-state index contributed by atoms with van der Waals surface area (Å²) in [5.74, 6) is 0.653. The summed E-state index contributed by atoms with van der Waals surface area (Å²) in [6, 6.07) is 3.61. The highest BCUT2D eigenvalue weighted by Crippen LogP contribution is 2.22. The molecule has 1 saturated heterocycles. The van der Waals surface area contributed by atoms with Crippen LogP contribution >= 0.6 is 11.6 Å². The van der Waals surface area contributed by atoms with Crippen LogP contribution in [0.15, 0.2) is 12.1 Å². The lowest BCUT2D eigenvalue weighted by molar-refractivity contribution is 0.0827. The minimum Gasteiger partial charge on any atom is -0.377 e. The average molecular weight is 284 g/mol. The molecule has 0 saturated carbocycles. The minimum absolute atomic E-state index is 0.0773. The molecule has 6 heteroatoms. The van der Waals surface area contributed by atoms with Crippen molar-refractivity contribution >= 4 is 23.3 Å². The van der Waals surface area contributed by atoms with E-state index in [1.165, 1.54) is 4.90 Å². The number of nitrogens with zero attached hydrogens (tertiary/aromatic N) is 3. The van der Waals surface area contributed by atoms with Gasteiger partial charge < -0.3 is 14.5 Å². The van der Waals surface area contributed by atoms with E-state index in [2.05, 4.69) is 16.8 Å². The van der Waals surface area contributed by atoms with Gasteiger partial charge in [-0.25, -0.2) is 4.98 Å². The molecule has 5 nitrogen and oxygen atoms in total. The number of halogens is 1. The highest BCUT2D eigenvalue weighted by atomic mass is 35.5. The summed E-state index contributed by atoms with van der Waals surface area (Å²) < 4.78 is 5.40. The number of aromatic nitrogens is 1. The van der Waals surface area contributed by atoms with Gasteiger partial charge in [-0.15, -0.1) is 0 Å². The first kappa shape index (κ1) is 14.1. The Morgan fingerprint density at radius 3 is 2.89 bits per heavy atom. The first-order valence-corrected chi connectivity index (χ1v) is 6.60. The number of amides is 1. The molecule has 1 atom stereocenters. The largest absolute Gasteiger partial charge is 0.377 e. The molecular formula is C13H18ClN3O2. The van der Waals surface area contributed by atoms with E-state index in [4.69, 9.17) is 16.3 Å². The van der Waals surface area contributed by atoms with Crippen molar-refractivity contribution in [1.29, 1.82) is 0 Å². The van der Waals surface area contributed by atoms with Gasteiger partial charge in [-0.1, -0.05) is 11.6 Å². The zero-order chi connectivity index (χ0) is 14.0. The normalized spacial score (nSPS) is 19.4. The Morgan fingerprint density at radius 1 is 1.53 bits per heavy atom. The van der Waals surface area contributed by atoms with Crippen molar-refractivity contribution in [1.82, 2.24) is 9.88 Å². The number of morpholine rings is 1. The van der Waals surface area contributed by atoms with Crippen LogP contribution in [-0.4, -0.2) is 55.7 Å². The Kier molecular flexibility index (Phi) is 4.27. The fourth-order valence-corrected chi connectivity index (χ4v) is 2.28. The Labute approximate surface area is 118 Å². The van der Waals surface area contributed by atoms with Crippen molar-refractivity contribution in [3.05, 3.63) is 22.8 Å². The molecule has 1 aromatic rings.